The summed E-state index contributed by atoms with van der Waals surface area (Å²) in [6, 6.07) is 11.9. The largest absolute Gasteiger partial charge is 0.490 e. The summed E-state index contributed by atoms with van der Waals surface area (Å²) in [5, 5.41) is 3.14. The number of rotatable bonds is 5. The van der Waals surface area contributed by atoms with E-state index in [-0.39, 0.29) is 24.0 Å². The second-order valence-corrected chi connectivity index (χ2v) is 7.67. The van der Waals surface area contributed by atoms with Crippen molar-refractivity contribution < 1.29 is 14.2 Å². The lowest BCUT2D eigenvalue weighted by atomic mass is 10.1. The van der Waals surface area contributed by atoms with Crippen molar-refractivity contribution in [2.45, 2.75) is 51.7 Å². The summed E-state index contributed by atoms with van der Waals surface area (Å²) in [5.74, 6) is 2.76. The molecule has 0 aromatic heterocycles. The van der Waals surface area contributed by atoms with Gasteiger partial charge in [0.25, 0.3) is 0 Å². The number of nitrogens with one attached hydrogen (secondary N) is 1. The Morgan fingerprint density at radius 1 is 1.07 bits per heavy atom. The zero-order valence-electron chi connectivity index (χ0n) is 17.4. The van der Waals surface area contributed by atoms with E-state index in [9.17, 15) is 0 Å². The number of nitrogens with zero attached hydrogens (tertiary/aromatic N) is 1. The van der Waals surface area contributed by atoms with E-state index in [0.717, 1.165) is 47.8 Å². The number of ether oxygens (including phenoxy) is 3. The van der Waals surface area contributed by atoms with Gasteiger partial charge in [-0.05, 0) is 56.4 Å². The first-order chi connectivity index (χ1) is 14.2. The predicted molar refractivity (Wildman–Crippen MR) is 130 cm³/mol. The van der Waals surface area contributed by atoms with Crippen LogP contribution in [0.4, 0.5) is 5.69 Å². The molecule has 1 fully saturated rings. The lowest BCUT2D eigenvalue weighted by Gasteiger charge is -2.17. The summed E-state index contributed by atoms with van der Waals surface area (Å²) in [5.41, 5.74) is 9.18. The van der Waals surface area contributed by atoms with Gasteiger partial charge < -0.3 is 25.3 Å². The van der Waals surface area contributed by atoms with E-state index in [1.165, 1.54) is 18.4 Å². The molecule has 0 spiro atoms. The van der Waals surface area contributed by atoms with Crippen LogP contribution >= 0.6 is 24.0 Å². The van der Waals surface area contributed by atoms with Gasteiger partial charge >= 0.3 is 0 Å². The minimum absolute atomic E-state index is 0. The molecule has 0 unspecified atom stereocenters. The van der Waals surface area contributed by atoms with Crippen molar-refractivity contribution in [3.8, 4) is 17.2 Å². The van der Waals surface area contributed by atoms with Crippen molar-refractivity contribution in [1.29, 1.82) is 0 Å². The fourth-order valence-corrected chi connectivity index (χ4v) is 3.69. The van der Waals surface area contributed by atoms with Gasteiger partial charge in [0.15, 0.2) is 17.5 Å². The molecule has 1 aliphatic heterocycles. The molecule has 30 heavy (non-hydrogen) atoms. The molecular formula is C23H30IN3O3. The van der Waals surface area contributed by atoms with E-state index in [4.69, 9.17) is 19.9 Å². The van der Waals surface area contributed by atoms with Gasteiger partial charge in [-0.15, -0.1) is 24.0 Å². The maximum atomic E-state index is 6.25. The Morgan fingerprint density at radius 3 is 2.63 bits per heavy atom. The molecule has 2 aromatic rings. The Bertz CT molecular complexity index is 882. The Kier molecular flexibility index (Phi) is 8.07. The monoisotopic (exact) mass is 523 g/mol. The lowest BCUT2D eigenvalue weighted by molar-refractivity contribution is 0.208. The summed E-state index contributed by atoms with van der Waals surface area (Å²) in [7, 11) is 0. The van der Waals surface area contributed by atoms with E-state index < -0.39 is 0 Å². The van der Waals surface area contributed by atoms with Crippen LogP contribution in [0.25, 0.3) is 0 Å². The quantitative estimate of drug-likeness (QED) is 0.327. The summed E-state index contributed by atoms with van der Waals surface area (Å²) < 4.78 is 17.6. The first-order valence-electron chi connectivity index (χ1n) is 10.4. The second kappa shape index (κ2) is 10.7. The molecular weight excluding hydrogens is 493 g/mol. The third kappa shape index (κ3) is 5.93. The van der Waals surface area contributed by atoms with Gasteiger partial charge in [-0.3, -0.25) is 0 Å². The van der Waals surface area contributed by atoms with Crippen LogP contribution in [0.2, 0.25) is 0 Å². The molecule has 7 heteroatoms. The molecule has 2 aromatic carbocycles. The number of halogens is 1. The number of hydrogen-bond acceptors (Lipinski definition) is 4. The maximum absolute atomic E-state index is 6.25. The van der Waals surface area contributed by atoms with Crippen LogP contribution in [0, 0.1) is 6.92 Å². The highest BCUT2D eigenvalue weighted by Gasteiger charge is 2.18. The third-order valence-electron chi connectivity index (χ3n) is 5.26. The normalized spacial score (nSPS) is 16.5. The van der Waals surface area contributed by atoms with Crippen molar-refractivity contribution in [2.75, 3.05) is 18.5 Å². The van der Waals surface area contributed by atoms with E-state index in [1.54, 1.807) is 0 Å². The molecule has 0 atom stereocenters. The summed E-state index contributed by atoms with van der Waals surface area (Å²) in [6.45, 7) is 3.86. The minimum Gasteiger partial charge on any atom is -0.490 e. The molecule has 1 saturated carbocycles. The van der Waals surface area contributed by atoms with Gasteiger partial charge in [-0.2, -0.15) is 0 Å². The summed E-state index contributed by atoms with van der Waals surface area (Å²) >= 11 is 0. The number of aryl methyl sites for hydroxylation is 1. The molecule has 162 valence electrons. The van der Waals surface area contributed by atoms with Gasteiger partial charge in [0.1, 0.15) is 5.75 Å². The van der Waals surface area contributed by atoms with Crippen molar-refractivity contribution in [1.82, 2.24) is 0 Å². The first-order valence-corrected chi connectivity index (χ1v) is 10.4. The average Bonchev–Trinajstić information content (AvgIpc) is 3.10. The van der Waals surface area contributed by atoms with Gasteiger partial charge in [-0.1, -0.05) is 12.1 Å². The second-order valence-electron chi connectivity index (χ2n) is 7.67. The lowest BCUT2D eigenvalue weighted by Crippen LogP contribution is -2.22. The van der Waals surface area contributed by atoms with E-state index in [1.807, 2.05) is 18.2 Å². The molecule has 0 saturated heterocycles. The van der Waals surface area contributed by atoms with Crippen LogP contribution in [0.5, 0.6) is 17.2 Å². The Labute approximate surface area is 195 Å². The fraction of sp³-hybridized carbons (Fsp3) is 0.435. The Balaban J connectivity index is 0.00000256. The highest BCUT2D eigenvalue weighted by atomic mass is 127. The van der Waals surface area contributed by atoms with Crippen molar-refractivity contribution in [3.05, 3.63) is 47.5 Å². The molecule has 0 radical (unpaired) electrons. The maximum Gasteiger partial charge on any atom is 0.193 e. The highest BCUT2D eigenvalue weighted by Crippen LogP contribution is 2.32. The minimum atomic E-state index is 0. The standard InChI is InChI=1S/C23H29N3O3.HI/c1-16-7-8-17(21(13-16)29-19-5-2-3-6-19)15-25-23(24)26-18-9-10-20-22(14-18)28-12-4-11-27-20;/h7-10,13-14,19H,2-6,11-12,15H2,1H3,(H3,24,25,26);1H. The van der Waals surface area contributed by atoms with Crippen molar-refractivity contribution in [2.24, 2.45) is 10.7 Å². The van der Waals surface area contributed by atoms with Gasteiger partial charge in [0, 0.05) is 23.7 Å². The van der Waals surface area contributed by atoms with E-state index >= 15 is 0 Å². The zero-order valence-corrected chi connectivity index (χ0v) is 19.7. The van der Waals surface area contributed by atoms with Crippen molar-refractivity contribution >= 4 is 35.6 Å². The SMILES string of the molecule is Cc1ccc(CN=C(N)Nc2ccc3c(c2)OCCCO3)c(OC2CCCC2)c1.I. The number of anilines is 1. The number of benzene rings is 2. The third-order valence-corrected chi connectivity index (χ3v) is 5.26. The Morgan fingerprint density at radius 2 is 1.83 bits per heavy atom. The highest BCUT2D eigenvalue weighted by molar-refractivity contribution is 14.0. The first kappa shape index (κ1) is 22.5. The van der Waals surface area contributed by atoms with Crippen LogP contribution in [0.3, 0.4) is 0 Å². The average molecular weight is 523 g/mol. The molecule has 3 N–H and O–H groups in total. The molecule has 0 bridgehead atoms. The molecule has 2 aliphatic rings. The zero-order chi connectivity index (χ0) is 20.1. The smallest absolute Gasteiger partial charge is 0.193 e. The number of aliphatic imine (C=N–C) groups is 1. The summed E-state index contributed by atoms with van der Waals surface area (Å²) in [4.78, 5) is 4.52. The molecule has 1 aliphatic carbocycles. The fourth-order valence-electron chi connectivity index (χ4n) is 3.69. The Hall–Kier alpha value is -2.16. The van der Waals surface area contributed by atoms with Crippen LogP contribution in [0.1, 0.15) is 43.2 Å². The predicted octanol–water partition coefficient (Wildman–Crippen LogP) is 5.02. The van der Waals surface area contributed by atoms with Crippen LogP contribution in [0.15, 0.2) is 41.4 Å². The number of fused-ring (bicyclic) bond motifs is 1. The van der Waals surface area contributed by atoms with E-state index in [0.29, 0.717) is 31.8 Å². The van der Waals surface area contributed by atoms with Crippen LogP contribution in [-0.4, -0.2) is 25.3 Å². The van der Waals surface area contributed by atoms with Crippen LogP contribution < -0.4 is 25.3 Å². The van der Waals surface area contributed by atoms with Gasteiger partial charge in [-0.25, -0.2) is 4.99 Å². The molecule has 1 heterocycles. The molecule has 0 amide bonds. The van der Waals surface area contributed by atoms with E-state index in [2.05, 4.69) is 35.4 Å². The van der Waals surface area contributed by atoms with Crippen molar-refractivity contribution in [3.63, 3.8) is 0 Å². The topological polar surface area (TPSA) is 78.1 Å². The number of hydrogen-bond donors (Lipinski definition) is 2. The van der Waals surface area contributed by atoms with Gasteiger partial charge in [0.2, 0.25) is 0 Å². The molecule has 4 rings (SSSR count). The van der Waals surface area contributed by atoms with Crippen LogP contribution in [-0.2, 0) is 6.54 Å². The molecule has 6 nitrogen and oxygen atoms in total. The summed E-state index contributed by atoms with van der Waals surface area (Å²) in [6.07, 6.45) is 5.95. The number of nitrogens with two attached hydrogens (primary N) is 1. The number of guanidine groups is 1. The van der Waals surface area contributed by atoms with Gasteiger partial charge in [0.05, 0.1) is 25.9 Å².